The molecule has 2 aromatic carbocycles. The Hall–Kier alpha value is -1.73. The summed E-state index contributed by atoms with van der Waals surface area (Å²) in [5.41, 5.74) is 1.08. The number of hydrogen-bond donors (Lipinski definition) is 0. The van der Waals surface area contributed by atoms with Gasteiger partial charge in [0.1, 0.15) is 5.82 Å². The zero-order chi connectivity index (χ0) is 16.4. The number of ketones is 1. The lowest BCUT2D eigenvalue weighted by atomic mass is 10.2. The molecule has 0 spiro atoms. The highest BCUT2D eigenvalue weighted by molar-refractivity contribution is 14.1. The molecule has 0 aliphatic heterocycles. The van der Waals surface area contributed by atoms with Crippen LogP contribution in [0.5, 0.6) is 0 Å². The summed E-state index contributed by atoms with van der Waals surface area (Å²) in [5.74, 6) is 0.128. The number of carbonyl (C=O) groups is 1. The summed E-state index contributed by atoms with van der Waals surface area (Å²) < 4.78 is 2.45. The highest BCUT2D eigenvalue weighted by atomic mass is 127. The Labute approximate surface area is 151 Å². The molecule has 0 saturated heterocycles. The fourth-order valence-electron chi connectivity index (χ4n) is 2.39. The summed E-state index contributed by atoms with van der Waals surface area (Å²) in [4.78, 5) is 29.2. The first-order valence-electron chi connectivity index (χ1n) is 6.94. The molecular weight excluding hydrogens is 427 g/mol. The van der Waals surface area contributed by atoms with Gasteiger partial charge in [0.2, 0.25) is 0 Å². The van der Waals surface area contributed by atoms with Crippen LogP contribution in [0.4, 0.5) is 0 Å². The molecule has 0 aliphatic rings. The second-order valence-electron chi connectivity index (χ2n) is 5.01. The molecule has 1 heterocycles. The Morgan fingerprint density at radius 2 is 1.91 bits per heavy atom. The number of aromatic nitrogens is 2. The number of fused-ring (bicyclic) bond motifs is 1. The molecule has 0 saturated carbocycles. The van der Waals surface area contributed by atoms with Crippen LogP contribution in [-0.4, -0.2) is 21.2 Å². The standard InChI is InChI=1S/C17H12ClIN2O2/c18-10-13(22)9-16-20-15-7-6-11(19)8-14(15)17(23)21(16)12-4-2-1-3-5-12/h1-8H,9-10H2. The number of hydrogen-bond acceptors (Lipinski definition) is 3. The lowest BCUT2D eigenvalue weighted by Crippen LogP contribution is -2.25. The molecule has 0 atom stereocenters. The van der Waals surface area contributed by atoms with Gasteiger partial charge < -0.3 is 0 Å². The molecule has 0 bridgehead atoms. The fourth-order valence-corrected chi connectivity index (χ4v) is 2.97. The minimum Gasteiger partial charge on any atom is -0.298 e. The van der Waals surface area contributed by atoms with Crippen LogP contribution < -0.4 is 5.56 Å². The third kappa shape index (κ3) is 3.30. The first-order valence-corrected chi connectivity index (χ1v) is 8.56. The van der Waals surface area contributed by atoms with Crippen molar-refractivity contribution in [3.63, 3.8) is 0 Å². The van der Waals surface area contributed by atoms with Crippen molar-refractivity contribution in [3.05, 3.63) is 68.3 Å². The molecule has 4 nitrogen and oxygen atoms in total. The summed E-state index contributed by atoms with van der Waals surface area (Å²) in [6.07, 6.45) is 0.0234. The van der Waals surface area contributed by atoms with E-state index in [-0.39, 0.29) is 23.6 Å². The van der Waals surface area contributed by atoms with E-state index in [1.807, 2.05) is 36.4 Å². The molecule has 23 heavy (non-hydrogen) atoms. The van der Waals surface area contributed by atoms with Gasteiger partial charge in [0.25, 0.3) is 5.56 Å². The van der Waals surface area contributed by atoms with Crippen LogP contribution in [0, 0.1) is 3.57 Å². The number of halogens is 2. The maximum absolute atomic E-state index is 12.9. The molecule has 0 unspecified atom stereocenters. The predicted molar refractivity (Wildman–Crippen MR) is 99.5 cm³/mol. The second-order valence-corrected chi connectivity index (χ2v) is 6.53. The van der Waals surface area contributed by atoms with E-state index in [1.165, 1.54) is 4.57 Å². The number of carbonyl (C=O) groups excluding carboxylic acids is 1. The molecule has 0 radical (unpaired) electrons. The Balaban J connectivity index is 2.33. The minimum atomic E-state index is -0.183. The zero-order valence-electron chi connectivity index (χ0n) is 12.0. The average molecular weight is 439 g/mol. The average Bonchev–Trinajstić information content (AvgIpc) is 2.56. The van der Waals surface area contributed by atoms with E-state index >= 15 is 0 Å². The van der Waals surface area contributed by atoms with Crippen molar-refractivity contribution >= 4 is 50.9 Å². The van der Waals surface area contributed by atoms with Crippen molar-refractivity contribution in [1.29, 1.82) is 0 Å². The molecule has 0 fully saturated rings. The molecule has 6 heteroatoms. The van der Waals surface area contributed by atoms with Crippen molar-refractivity contribution in [2.24, 2.45) is 0 Å². The van der Waals surface area contributed by atoms with Crippen LogP contribution in [0.3, 0.4) is 0 Å². The maximum atomic E-state index is 12.9. The van der Waals surface area contributed by atoms with Gasteiger partial charge >= 0.3 is 0 Å². The molecule has 0 aliphatic carbocycles. The number of rotatable bonds is 4. The first-order chi connectivity index (χ1) is 11.1. The maximum Gasteiger partial charge on any atom is 0.266 e. The van der Waals surface area contributed by atoms with E-state index in [2.05, 4.69) is 27.6 Å². The largest absolute Gasteiger partial charge is 0.298 e. The van der Waals surface area contributed by atoms with Gasteiger partial charge in [0, 0.05) is 3.57 Å². The van der Waals surface area contributed by atoms with Crippen LogP contribution in [0.15, 0.2) is 53.3 Å². The van der Waals surface area contributed by atoms with Gasteiger partial charge in [0.15, 0.2) is 5.78 Å². The number of alkyl halides is 1. The molecule has 116 valence electrons. The summed E-state index contributed by atoms with van der Waals surface area (Å²) in [6.45, 7) is 0. The monoisotopic (exact) mass is 438 g/mol. The van der Waals surface area contributed by atoms with Gasteiger partial charge in [-0.1, -0.05) is 18.2 Å². The van der Waals surface area contributed by atoms with E-state index in [1.54, 1.807) is 12.1 Å². The Kier molecular flexibility index (Phi) is 4.77. The summed E-state index contributed by atoms with van der Waals surface area (Å²) >= 11 is 7.77. The third-order valence-electron chi connectivity index (χ3n) is 3.42. The molecule has 3 rings (SSSR count). The van der Waals surface area contributed by atoms with Crippen molar-refractivity contribution in [2.45, 2.75) is 6.42 Å². The summed E-state index contributed by atoms with van der Waals surface area (Å²) in [5, 5.41) is 0.530. The van der Waals surface area contributed by atoms with Gasteiger partial charge in [-0.05, 0) is 52.9 Å². The van der Waals surface area contributed by atoms with E-state index in [0.29, 0.717) is 22.4 Å². The van der Waals surface area contributed by atoms with E-state index in [4.69, 9.17) is 11.6 Å². The fraction of sp³-hybridized carbons (Fsp3) is 0.118. The van der Waals surface area contributed by atoms with Crippen LogP contribution in [-0.2, 0) is 11.2 Å². The number of para-hydroxylation sites is 1. The Bertz CT molecular complexity index is 938. The van der Waals surface area contributed by atoms with Gasteiger partial charge in [-0.25, -0.2) is 4.98 Å². The summed E-state index contributed by atoms with van der Waals surface area (Å²) in [6, 6.07) is 14.7. The number of Topliss-reactive ketones (excluding diaryl/α,β-unsaturated/α-hetero) is 1. The number of benzene rings is 2. The third-order valence-corrected chi connectivity index (χ3v) is 4.39. The molecule has 0 amide bonds. The van der Waals surface area contributed by atoms with Crippen molar-refractivity contribution in [3.8, 4) is 5.69 Å². The predicted octanol–water partition coefficient (Wildman–Crippen LogP) is 3.34. The number of nitrogens with zero attached hydrogens (tertiary/aromatic N) is 2. The Morgan fingerprint density at radius 3 is 2.61 bits per heavy atom. The SMILES string of the molecule is O=C(CCl)Cc1nc2ccc(I)cc2c(=O)n1-c1ccccc1. The minimum absolute atomic E-state index is 0.0234. The zero-order valence-corrected chi connectivity index (χ0v) is 14.9. The van der Waals surface area contributed by atoms with Gasteiger partial charge in [-0.15, -0.1) is 11.6 Å². The van der Waals surface area contributed by atoms with Crippen LogP contribution >= 0.6 is 34.2 Å². The van der Waals surface area contributed by atoms with E-state index in [0.717, 1.165) is 3.57 Å². The quantitative estimate of drug-likeness (QED) is 0.464. The highest BCUT2D eigenvalue weighted by Crippen LogP contribution is 2.16. The van der Waals surface area contributed by atoms with Crippen LogP contribution in [0.25, 0.3) is 16.6 Å². The smallest absolute Gasteiger partial charge is 0.266 e. The second kappa shape index (κ2) is 6.80. The van der Waals surface area contributed by atoms with Gasteiger partial charge in [-0.3, -0.25) is 14.2 Å². The first kappa shape index (κ1) is 16.1. The molecule has 0 N–H and O–H groups in total. The summed E-state index contributed by atoms with van der Waals surface area (Å²) in [7, 11) is 0. The Morgan fingerprint density at radius 1 is 1.17 bits per heavy atom. The van der Waals surface area contributed by atoms with Crippen molar-refractivity contribution in [1.82, 2.24) is 9.55 Å². The normalized spacial score (nSPS) is 10.9. The van der Waals surface area contributed by atoms with Gasteiger partial charge in [0.05, 0.1) is 28.9 Å². The van der Waals surface area contributed by atoms with E-state index in [9.17, 15) is 9.59 Å². The van der Waals surface area contributed by atoms with E-state index < -0.39 is 0 Å². The van der Waals surface area contributed by atoms with Crippen LogP contribution in [0.1, 0.15) is 5.82 Å². The molecule has 1 aromatic heterocycles. The van der Waals surface area contributed by atoms with Crippen molar-refractivity contribution < 1.29 is 4.79 Å². The van der Waals surface area contributed by atoms with Crippen LogP contribution in [0.2, 0.25) is 0 Å². The van der Waals surface area contributed by atoms with Gasteiger partial charge in [-0.2, -0.15) is 0 Å². The lowest BCUT2D eigenvalue weighted by Gasteiger charge is -2.13. The lowest BCUT2D eigenvalue weighted by molar-refractivity contribution is -0.116. The highest BCUT2D eigenvalue weighted by Gasteiger charge is 2.15. The van der Waals surface area contributed by atoms with Crippen molar-refractivity contribution in [2.75, 3.05) is 5.88 Å². The molecular formula is C17H12ClIN2O2. The molecule has 3 aromatic rings. The topological polar surface area (TPSA) is 52.0 Å².